The summed E-state index contributed by atoms with van der Waals surface area (Å²) in [4.78, 5) is 30.8. The van der Waals surface area contributed by atoms with Crippen molar-refractivity contribution in [2.75, 3.05) is 45.2 Å². The van der Waals surface area contributed by atoms with Gasteiger partial charge in [0.15, 0.2) is 0 Å². The number of likely N-dealkylation sites (tertiary alicyclic amines) is 1. The van der Waals surface area contributed by atoms with Crippen molar-refractivity contribution < 1.29 is 23.8 Å². The highest BCUT2D eigenvalue weighted by molar-refractivity contribution is 5.81. The lowest BCUT2D eigenvalue weighted by atomic mass is 10.1. The number of hydrogen-bond acceptors (Lipinski definition) is 8. The van der Waals surface area contributed by atoms with Crippen molar-refractivity contribution >= 4 is 17.9 Å². The number of aryl methyl sites for hydroxylation is 2. The predicted octanol–water partition coefficient (Wildman–Crippen LogP) is 2.14. The van der Waals surface area contributed by atoms with Crippen molar-refractivity contribution in [3.05, 3.63) is 23.4 Å². The van der Waals surface area contributed by atoms with E-state index in [0.29, 0.717) is 26.2 Å². The van der Waals surface area contributed by atoms with Crippen molar-refractivity contribution in [2.24, 2.45) is 0 Å². The van der Waals surface area contributed by atoms with Gasteiger partial charge in [-0.25, -0.2) is 14.6 Å². The van der Waals surface area contributed by atoms with Crippen molar-refractivity contribution in [2.45, 2.75) is 64.2 Å². The van der Waals surface area contributed by atoms with E-state index in [1.807, 2.05) is 0 Å². The molecule has 2 aliphatic heterocycles. The Morgan fingerprint density at radius 3 is 2.81 bits per heavy atom. The van der Waals surface area contributed by atoms with Crippen LogP contribution in [0.25, 0.3) is 0 Å². The number of anilines is 1. The quantitative estimate of drug-likeness (QED) is 0.438. The van der Waals surface area contributed by atoms with Gasteiger partial charge in [0.05, 0.1) is 13.2 Å². The van der Waals surface area contributed by atoms with E-state index in [-0.39, 0.29) is 6.10 Å². The lowest BCUT2D eigenvalue weighted by Gasteiger charge is -2.40. The van der Waals surface area contributed by atoms with Crippen molar-refractivity contribution in [3.8, 4) is 0 Å². The molecular weight excluding hydrogens is 412 g/mol. The molecule has 0 bridgehead atoms. The second kappa shape index (κ2) is 11.0. The standard InChI is InChI=1S/C23H36N4O5/c1-23(2,3)32-22(29)26-19(21(28)30-4)15-27-13-18(14-27)31-12-6-8-17-10-9-16-7-5-11-24-20(16)25-17/h9-10,18-19H,5-8,11-15H2,1-4H3,(H,24,25)(H,26,29)/t19-/m0/s1. The van der Waals surface area contributed by atoms with Crippen LogP contribution in [0.15, 0.2) is 12.1 Å². The van der Waals surface area contributed by atoms with E-state index in [9.17, 15) is 9.59 Å². The SMILES string of the molecule is COC(=O)[C@H](CN1CC(OCCCc2ccc3c(n2)NCCC3)C1)NC(=O)OC(C)(C)C. The summed E-state index contributed by atoms with van der Waals surface area (Å²) in [7, 11) is 1.31. The molecule has 2 N–H and O–H groups in total. The molecule has 3 rings (SSSR count). The molecular formula is C23H36N4O5. The van der Waals surface area contributed by atoms with Crippen LogP contribution in [0, 0.1) is 0 Å². The molecule has 9 heteroatoms. The summed E-state index contributed by atoms with van der Waals surface area (Å²) >= 11 is 0. The van der Waals surface area contributed by atoms with Crippen LogP contribution in [0.3, 0.4) is 0 Å². The molecule has 9 nitrogen and oxygen atoms in total. The normalized spacial score (nSPS) is 17.5. The van der Waals surface area contributed by atoms with E-state index in [1.54, 1.807) is 20.8 Å². The van der Waals surface area contributed by atoms with Gasteiger partial charge in [-0.15, -0.1) is 0 Å². The van der Waals surface area contributed by atoms with Gasteiger partial charge in [-0.2, -0.15) is 0 Å². The van der Waals surface area contributed by atoms with E-state index in [1.165, 1.54) is 12.7 Å². The fourth-order valence-corrected chi connectivity index (χ4v) is 3.82. The third-order valence-electron chi connectivity index (χ3n) is 5.42. The predicted molar refractivity (Wildman–Crippen MR) is 121 cm³/mol. The summed E-state index contributed by atoms with van der Waals surface area (Å²) in [6.45, 7) is 8.77. The van der Waals surface area contributed by atoms with E-state index in [0.717, 1.165) is 43.7 Å². The number of amides is 1. The summed E-state index contributed by atoms with van der Waals surface area (Å²) in [5, 5.41) is 5.97. The van der Waals surface area contributed by atoms with Gasteiger partial charge in [0.2, 0.25) is 0 Å². The second-order valence-electron chi connectivity index (χ2n) is 9.38. The van der Waals surface area contributed by atoms with Crippen LogP contribution in [0.2, 0.25) is 0 Å². The Bertz CT molecular complexity index is 789. The second-order valence-corrected chi connectivity index (χ2v) is 9.38. The minimum atomic E-state index is -0.778. The molecule has 2 aliphatic rings. The topological polar surface area (TPSA) is 102 Å². The maximum Gasteiger partial charge on any atom is 0.408 e. The molecule has 3 heterocycles. The summed E-state index contributed by atoms with van der Waals surface area (Å²) in [6.07, 6.45) is 3.56. The van der Waals surface area contributed by atoms with Crippen molar-refractivity contribution in [1.29, 1.82) is 0 Å². The largest absolute Gasteiger partial charge is 0.467 e. The average molecular weight is 449 g/mol. The molecule has 1 fully saturated rings. The maximum absolute atomic E-state index is 12.0. The molecule has 0 saturated carbocycles. The minimum absolute atomic E-state index is 0.132. The monoisotopic (exact) mass is 448 g/mol. The van der Waals surface area contributed by atoms with Crippen LogP contribution in [0.1, 0.15) is 44.9 Å². The molecule has 0 unspecified atom stereocenters. The highest BCUT2D eigenvalue weighted by Crippen LogP contribution is 2.20. The first-order valence-electron chi connectivity index (χ1n) is 11.4. The molecule has 1 aromatic rings. The molecule has 1 aromatic heterocycles. The molecule has 178 valence electrons. The number of fused-ring (bicyclic) bond motifs is 1. The van der Waals surface area contributed by atoms with Crippen LogP contribution in [-0.2, 0) is 31.8 Å². The first kappa shape index (κ1) is 24.3. The molecule has 1 amide bonds. The highest BCUT2D eigenvalue weighted by Gasteiger charge is 2.33. The van der Waals surface area contributed by atoms with Gasteiger partial charge >= 0.3 is 12.1 Å². The third-order valence-corrected chi connectivity index (χ3v) is 5.42. The van der Waals surface area contributed by atoms with Crippen molar-refractivity contribution in [1.82, 2.24) is 15.2 Å². The number of esters is 1. The highest BCUT2D eigenvalue weighted by atomic mass is 16.6. The number of rotatable bonds is 9. The molecule has 1 atom stereocenters. The number of alkyl carbamates (subject to hydrolysis) is 1. The summed E-state index contributed by atoms with van der Waals surface area (Å²) in [5.41, 5.74) is 1.76. The van der Waals surface area contributed by atoms with Crippen LogP contribution >= 0.6 is 0 Å². The summed E-state index contributed by atoms with van der Waals surface area (Å²) in [6, 6.07) is 3.51. The Balaban J connectivity index is 1.34. The Kier molecular flexibility index (Phi) is 8.31. The number of aromatic nitrogens is 1. The van der Waals surface area contributed by atoms with Crippen LogP contribution in [-0.4, -0.2) is 79.6 Å². The van der Waals surface area contributed by atoms with Gasteiger partial charge in [-0.3, -0.25) is 4.90 Å². The zero-order valence-corrected chi connectivity index (χ0v) is 19.6. The Morgan fingerprint density at radius 1 is 1.31 bits per heavy atom. The van der Waals surface area contributed by atoms with Gasteiger partial charge in [-0.1, -0.05) is 6.07 Å². The van der Waals surface area contributed by atoms with E-state index in [4.69, 9.17) is 19.2 Å². The number of nitrogens with zero attached hydrogens (tertiary/aromatic N) is 2. The number of hydrogen-bond donors (Lipinski definition) is 2. The Hall–Kier alpha value is -2.39. The Morgan fingerprint density at radius 2 is 2.09 bits per heavy atom. The van der Waals surface area contributed by atoms with E-state index >= 15 is 0 Å². The number of methoxy groups -OCH3 is 1. The third kappa shape index (κ3) is 7.34. The molecule has 0 aliphatic carbocycles. The average Bonchev–Trinajstić information content (AvgIpc) is 2.71. The first-order valence-corrected chi connectivity index (χ1v) is 11.4. The van der Waals surface area contributed by atoms with Gasteiger partial charge in [-0.05, 0) is 58.1 Å². The molecule has 0 aromatic carbocycles. The fraction of sp³-hybridized carbons (Fsp3) is 0.696. The molecule has 32 heavy (non-hydrogen) atoms. The van der Waals surface area contributed by atoms with E-state index in [2.05, 4.69) is 27.7 Å². The van der Waals surface area contributed by atoms with Gasteiger partial charge < -0.3 is 24.8 Å². The molecule has 0 radical (unpaired) electrons. The Labute approximate surface area is 190 Å². The smallest absolute Gasteiger partial charge is 0.408 e. The first-order chi connectivity index (χ1) is 15.2. The molecule has 0 spiro atoms. The zero-order chi connectivity index (χ0) is 23.1. The number of carbonyl (C=O) groups is 2. The van der Waals surface area contributed by atoms with Gasteiger partial charge in [0.1, 0.15) is 17.5 Å². The fourth-order valence-electron chi connectivity index (χ4n) is 3.82. The summed E-state index contributed by atoms with van der Waals surface area (Å²) in [5.74, 6) is 0.539. The summed E-state index contributed by atoms with van der Waals surface area (Å²) < 4.78 is 16.0. The van der Waals surface area contributed by atoms with Crippen LogP contribution < -0.4 is 10.6 Å². The minimum Gasteiger partial charge on any atom is -0.467 e. The lowest BCUT2D eigenvalue weighted by molar-refractivity contribution is -0.145. The van der Waals surface area contributed by atoms with Crippen molar-refractivity contribution in [3.63, 3.8) is 0 Å². The number of pyridine rings is 1. The molecule has 1 saturated heterocycles. The number of ether oxygens (including phenoxy) is 3. The zero-order valence-electron chi connectivity index (χ0n) is 19.6. The van der Waals surface area contributed by atoms with E-state index < -0.39 is 23.7 Å². The van der Waals surface area contributed by atoms with Gasteiger partial charge in [0, 0.05) is 38.5 Å². The number of nitrogens with one attached hydrogen (secondary N) is 2. The number of carbonyl (C=O) groups excluding carboxylic acids is 2. The van der Waals surface area contributed by atoms with Crippen LogP contribution in [0.5, 0.6) is 0 Å². The maximum atomic E-state index is 12.0. The van der Waals surface area contributed by atoms with Crippen LogP contribution in [0.4, 0.5) is 10.6 Å². The lowest BCUT2D eigenvalue weighted by Crippen LogP contribution is -2.58. The van der Waals surface area contributed by atoms with Gasteiger partial charge in [0.25, 0.3) is 0 Å².